The molecular weight excluding hydrogens is 565 g/mol. The van der Waals surface area contributed by atoms with Gasteiger partial charge in [-0.05, 0) is 62.3 Å². The second-order valence-corrected chi connectivity index (χ2v) is 10.1. The number of nitrogens with one attached hydrogen (secondary N) is 3. The number of rotatable bonds is 13. The van der Waals surface area contributed by atoms with E-state index >= 15 is 0 Å². The average Bonchev–Trinajstić information content (AvgIpc) is 3.40. The summed E-state index contributed by atoms with van der Waals surface area (Å²) >= 11 is 0. The predicted octanol–water partition coefficient (Wildman–Crippen LogP) is 2.93. The first kappa shape index (κ1) is 34.5. The van der Waals surface area contributed by atoms with Crippen LogP contribution in [-0.2, 0) is 20.8 Å². The molecule has 0 bridgehead atoms. The predicted molar refractivity (Wildman–Crippen MR) is 144 cm³/mol. The normalized spacial score (nSPS) is 15.9. The second kappa shape index (κ2) is 17.3. The summed E-state index contributed by atoms with van der Waals surface area (Å²) in [5, 5.41) is 24.7. The van der Waals surface area contributed by atoms with Gasteiger partial charge in [0.15, 0.2) is 11.5 Å². The molecule has 42 heavy (non-hydrogen) atoms. The van der Waals surface area contributed by atoms with Crippen molar-refractivity contribution in [1.82, 2.24) is 16.0 Å². The number of amides is 3. The number of carbonyl (C=O) groups is 4. The van der Waals surface area contributed by atoms with Crippen molar-refractivity contribution in [3.8, 4) is 11.5 Å². The molecule has 3 amide bonds. The number of aliphatic carboxylic acids is 2. The van der Waals surface area contributed by atoms with Gasteiger partial charge < -0.3 is 41.4 Å². The van der Waals surface area contributed by atoms with E-state index in [1.807, 2.05) is 18.2 Å². The van der Waals surface area contributed by atoms with E-state index in [1.165, 1.54) is 6.42 Å². The summed E-state index contributed by atoms with van der Waals surface area (Å²) in [6.45, 7) is 1.08. The van der Waals surface area contributed by atoms with Gasteiger partial charge in [0.2, 0.25) is 12.7 Å². The molecule has 0 unspecified atom stereocenters. The molecular formula is C27H39F3N4O8. The Balaban J connectivity index is 0.000000782. The van der Waals surface area contributed by atoms with Crippen LogP contribution in [0.2, 0.25) is 0 Å². The lowest BCUT2D eigenvalue weighted by molar-refractivity contribution is -0.192. The number of hydrogen-bond donors (Lipinski definition) is 6. The number of halogens is 3. The van der Waals surface area contributed by atoms with Gasteiger partial charge in [-0.25, -0.2) is 14.4 Å². The van der Waals surface area contributed by atoms with Gasteiger partial charge in [0.05, 0.1) is 0 Å². The Hall–Kier alpha value is -3.75. The number of nitrogens with two attached hydrogens (primary N) is 1. The van der Waals surface area contributed by atoms with E-state index in [4.69, 9.17) is 25.1 Å². The Kier molecular flexibility index (Phi) is 14.2. The third kappa shape index (κ3) is 12.4. The first-order chi connectivity index (χ1) is 19.9. The summed E-state index contributed by atoms with van der Waals surface area (Å²) in [6, 6.07) is 3.29. The lowest BCUT2D eigenvalue weighted by atomic mass is 9.84. The summed E-state index contributed by atoms with van der Waals surface area (Å²) < 4.78 is 42.5. The van der Waals surface area contributed by atoms with Crippen molar-refractivity contribution in [2.24, 2.45) is 11.7 Å². The van der Waals surface area contributed by atoms with E-state index in [0.717, 1.165) is 31.2 Å². The fourth-order valence-corrected chi connectivity index (χ4v) is 4.65. The molecule has 0 aromatic heterocycles. The quantitative estimate of drug-likeness (QED) is 0.184. The molecule has 0 radical (unpaired) electrons. The molecule has 0 saturated heterocycles. The molecule has 1 aromatic carbocycles. The van der Waals surface area contributed by atoms with Crippen molar-refractivity contribution in [3.63, 3.8) is 0 Å². The first-order valence-corrected chi connectivity index (χ1v) is 13.9. The van der Waals surface area contributed by atoms with Gasteiger partial charge >= 0.3 is 24.1 Å². The third-order valence-corrected chi connectivity index (χ3v) is 6.86. The maximum atomic E-state index is 13.0. The third-order valence-electron chi connectivity index (χ3n) is 6.86. The van der Waals surface area contributed by atoms with Crippen molar-refractivity contribution < 1.29 is 52.0 Å². The number of ether oxygens (including phenoxy) is 2. The van der Waals surface area contributed by atoms with Gasteiger partial charge in [-0.2, -0.15) is 13.2 Å². The summed E-state index contributed by atoms with van der Waals surface area (Å²) in [7, 11) is 0. The van der Waals surface area contributed by atoms with Crippen LogP contribution in [0, 0.1) is 5.92 Å². The van der Waals surface area contributed by atoms with E-state index in [-0.39, 0.29) is 19.1 Å². The molecule has 1 heterocycles. The average molecular weight is 605 g/mol. The molecule has 2 atom stereocenters. The van der Waals surface area contributed by atoms with E-state index < -0.39 is 36.2 Å². The lowest BCUT2D eigenvalue weighted by Crippen LogP contribution is -2.54. The first-order valence-electron chi connectivity index (χ1n) is 13.9. The molecule has 3 rings (SSSR count). The van der Waals surface area contributed by atoms with Gasteiger partial charge in [-0.1, -0.05) is 38.2 Å². The highest BCUT2D eigenvalue weighted by molar-refractivity contribution is 5.88. The van der Waals surface area contributed by atoms with Gasteiger partial charge in [0, 0.05) is 6.54 Å². The molecule has 1 aromatic rings. The highest BCUT2D eigenvalue weighted by Gasteiger charge is 2.38. The molecule has 1 fully saturated rings. The SMILES string of the molecule is NCCCC[C@H](NC(=O)N[C@H](CC1CCCCC1)C(=O)NCCc1ccc2c(c1)OCO2)C(=O)O.O=C(O)C(F)(F)F. The van der Waals surface area contributed by atoms with Gasteiger partial charge in [0.25, 0.3) is 0 Å². The molecule has 1 aliphatic carbocycles. The Bertz CT molecular complexity index is 1050. The monoisotopic (exact) mass is 604 g/mol. The van der Waals surface area contributed by atoms with Crippen molar-refractivity contribution in [2.75, 3.05) is 19.9 Å². The highest BCUT2D eigenvalue weighted by Crippen LogP contribution is 2.32. The molecule has 2 aliphatic rings. The molecule has 15 heteroatoms. The van der Waals surface area contributed by atoms with Crippen molar-refractivity contribution in [3.05, 3.63) is 23.8 Å². The molecule has 236 valence electrons. The molecule has 12 nitrogen and oxygen atoms in total. The number of urea groups is 1. The van der Waals surface area contributed by atoms with Crippen LogP contribution in [0.3, 0.4) is 0 Å². The van der Waals surface area contributed by atoms with Crippen LogP contribution in [0.25, 0.3) is 0 Å². The number of unbranched alkanes of at least 4 members (excludes halogenated alkanes) is 1. The van der Waals surface area contributed by atoms with Crippen LogP contribution in [0.5, 0.6) is 11.5 Å². The summed E-state index contributed by atoms with van der Waals surface area (Å²) in [5.41, 5.74) is 6.48. The highest BCUT2D eigenvalue weighted by atomic mass is 19.4. The van der Waals surface area contributed by atoms with Crippen LogP contribution in [-0.4, -0.2) is 72.2 Å². The minimum absolute atomic E-state index is 0.210. The second-order valence-electron chi connectivity index (χ2n) is 10.1. The molecule has 1 saturated carbocycles. The van der Waals surface area contributed by atoms with Gasteiger partial charge in [-0.15, -0.1) is 0 Å². The van der Waals surface area contributed by atoms with E-state index in [2.05, 4.69) is 16.0 Å². The standard InChI is InChI=1S/C25H38N4O6.C2HF3O2/c26-12-5-4-8-19(24(31)32)28-25(33)29-20(14-17-6-2-1-3-7-17)23(30)27-13-11-18-9-10-21-22(15-18)35-16-34-21;3-2(4,5)1(6)7/h9-10,15,17,19-20H,1-8,11-14,16,26H2,(H,27,30)(H,31,32)(H2,28,29,33);(H,6,7)/t19-,20+;/m0./s1. The van der Waals surface area contributed by atoms with Crippen molar-refractivity contribution in [2.45, 2.75) is 82.5 Å². The maximum Gasteiger partial charge on any atom is 0.490 e. The van der Waals surface area contributed by atoms with Crippen LogP contribution >= 0.6 is 0 Å². The zero-order valence-corrected chi connectivity index (χ0v) is 23.2. The topological polar surface area (TPSA) is 189 Å². The zero-order valence-electron chi connectivity index (χ0n) is 23.2. The Labute approximate surface area is 241 Å². The molecule has 7 N–H and O–H groups in total. The number of carbonyl (C=O) groups excluding carboxylic acids is 2. The number of hydrogen-bond acceptors (Lipinski definition) is 7. The molecule has 1 aliphatic heterocycles. The number of carboxylic acid groups (broad SMARTS) is 2. The van der Waals surface area contributed by atoms with Gasteiger partial charge in [-0.3, -0.25) is 4.79 Å². The number of fused-ring (bicyclic) bond motifs is 1. The smallest absolute Gasteiger partial charge is 0.480 e. The maximum absolute atomic E-state index is 13.0. The zero-order chi connectivity index (χ0) is 31.1. The van der Waals surface area contributed by atoms with Crippen LogP contribution in [0.1, 0.15) is 63.4 Å². The van der Waals surface area contributed by atoms with Gasteiger partial charge in [0.1, 0.15) is 12.1 Å². The lowest BCUT2D eigenvalue weighted by Gasteiger charge is -2.27. The largest absolute Gasteiger partial charge is 0.490 e. The summed E-state index contributed by atoms with van der Waals surface area (Å²) in [4.78, 5) is 46.1. The fraction of sp³-hybridized carbons (Fsp3) is 0.630. The number of alkyl halides is 3. The fourth-order valence-electron chi connectivity index (χ4n) is 4.65. The van der Waals surface area contributed by atoms with E-state index in [1.54, 1.807) is 0 Å². The van der Waals surface area contributed by atoms with Crippen LogP contribution in [0.4, 0.5) is 18.0 Å². The Morgan fingerprint density at radius 1 is 0.976 bits per heavy atom. The molecule has 0 spiro atoms. The summed E-state index contributed by atoms with van der Waals surface area (Å²) in [6.07, 6.45) is 3.12. The number of benzene rings is 1. The summed E-state index contributed by atoms with van der Waals surface area (Å²) in [5.74, 6) is -2.36. The van der Waals surface area contributed by atoms with Crippen LogP contribution < -0.4 is 31.2 Å². The minimum atomic E-state index is -5.08. The van der Waals surface area contributed by atoms with Crippen molar-refractivity contribution >= 4 is 23.9 Å². The van der Waals surface area contributed by atoms with Crippen molar-refractivity contribution in [1.29, 1.82) is 0 Å². The number of carboxylic acids is 2. The Morgan fingerprint density at radius 3 is 2.24 bits per heavy atom. The van der Waals surface area contributed by atoms with E-state index in [0.29, 0.717) is 56.2 Å². The van der Waals surface area contributed by atoms with E-state index in [9.17, 15) is 32.7 Å². The van der Waals surface area contributed by atoms with Crippen LogP contribution in [0.15, 0.2) is 18.2 Å². The minimum Gasteiger partial charge on any atom is -0.480 e. The Morgan fingerprint density at radius 2 is 1.62 bits per heavy atom.